The maximum Gasteiger partial charge on any atom is 0.271 e. The topological polar surface area (TPSA) is 67.0 Å². The molecule has 0 bridgehead atoms. The van der Waals surface area contributed by atoms with E-state index in [0.717, 1.165) is 12.5 Å². The SMILES string of the molecule is COc1ccc(F)c(-c2nc3c([nH]2)CCCNC3=O)c1F. The van der Waals surface area contributed by atoms with E-state index in [4.69, 9.17) is 4.74 Å². The van der Waals surface area contributed by atoms with E-state index in [-0.39, 0.29) is 28.7 Å². The number of aromatic amines is 1. The maximum absolute atomic E-state index is 14.2. The van der Waals surface area contributed by atoms with Gasteiger partial charge in [0.2, 0.25) is 0 Å². The van der Waals surface area contributed by atoms with Gasteiger partial charge in [-0.15, -0.1) is 0 Å². The van der Waals surface area contributed by atoms with Gasteiger partial charge in [0.25, 0.3) is 5.91 Å². The van der Waals surface area contributed by atoms with Crippen molar-refractivity contribution < 1.29 is 18.3 Å². The number of nitrogens with one attached hydrogen (secondary N) is 2. The van der Waals surface area contributed by atoms with E-state index in [0.29, 0.717) is 18.7 Å². The summed E-state index contributed by atoms with van der Waals surface area (Å²) in [7, 11) is 1.30. The first kappa shape index (κ1) is 13.5. The zero-order valence-electron chi connectivity index (χ0n) is 11.3. The molecule has 0 atom stereocenters. The minimum absolute atomic E-state index is 0.00838. The molecule has 0 fully saturated rings. The third-order valence-electron chi connectivity index (χ3n) is 3.40. The number of aryl methyl sites for hydroxylation is 1. The van der Waals surface area contributed by atoms with E-state index in [1.807, 2.05) is 0 Å². The summed E-state index contributed by atoms with van der Waals surface area (Å²) in [6.07, 6.45) is 1.33. The lowest BCUT2D eigenvalue weighted by atomic mass is 10.1. The number of nitrogens with zero attached hydrogens (tertiary/aromatic N) is 1. The minimum Gasteiger partial charge on any atom is -0.494 e. The van der Waals surface area contributed by atoms with Crippen LogP contribution in [0.2, 0.25) is 0 Å². The fourth-order valence-corrected chi connectivity index (χ4v) is 2.36. The normalized spacial score (nSPS) is 14.3. The Morgan fingerprint density at radius 2 is 2.14 bits per heavy atom. The van der Waals surface area contributed by atoms with Crippen molar-refractivity contribution in [3.05, 3.63) is 35.2 Å². The predicted octanol–water partition coefficient (Wildman–Crippen LogP) is 2.04. The number of aromatic nitrogens is 2. The Bertz CT molecular complexity index is 712. The first-order valence-electron chi connectivity index (χ1n) is 6.51. The molecule has 1 aliphatic rings. The number of hydrogen-bond donors (Lipinski definition) is 2. The summed E-state index contributed by atoms with van der Waals surface area (Å²) in [5.41, 5.74) is 0.445. The molecule has 0 radical (unpaired) electrons. The quantitative estimate of drug-likeness (QED) is 0.890. The summed E-state index contributed by atoms with van der Waals surface area (Å²) in [6.45, 7) is 0.556. The third kappa shape index (κ3) is 2.24. The van der Waals surface area contributed by atoms with Crippen LogP contribution < -0.4 is 10.1 Å². The Hall–Kier alpha value is -2.44. The van der Waals surface area contributed by atoms with Crippen LogP contribution in [0.1, 0.15) is 22.6 Å². The number of carbonyl (C=O) groups is 1. The van der Waals surface area contributed by atoms with Crippen molar-refractivity contribution in [1.82, 2.24) is 15.3 Å². The van der Waals surface area contributed by atoms with Gasteiger partial charge in [-0.1, -0.05) is 0 Å². The second-order valence-electron chi connectivity index (χ2n) is 4.71. The summed E-state index contributed by atoms with van der Waals surface area (Å²) < 4.78 is 33.0. The molecule has 0 aliphatic carbocycles. The highest BCUT2D eigenvalue weighted by molar-refractivity contribution is 5.94. The van der Waals surface area contributed by atoms with Crippen molar-refractivity contribution in [3.8, 4) is 17.1 Å². The van der Waals surface area contributed by atoms with Gasteiger partial charge in [-0.3, -0.25) is 4.79 Å². The van der Waals surface area contributed by atoms with Gasteiger partial charge in [-0.05, 0) is 25.0 Å². The number of benzene rings is 1. The molecule has 2 heterocycles. The molecule has 1 aliphatic heterocycles. The van der Waals surface area contributed by atoms with E-state index in [1.54, 1.807) is 0 Å². The summed E-state index contributed by atoms with van der Waals surface area (Å²) in [5, 5.41) is 2.68. The lowest BCUT2D eigenvalue weighted by Crippen LogP contribution is -2.23. The molecule has 2 aromatic rings. The van der Waals surface area contributed by atoms with Crippen LogP contribution in [0.3, 0.4) is 0 Å². The van der Waals surface area contributed by atoms with Crippen molar-refractivity contribution in [2.75, 3.05) is 13.7 Å². The van der Waals surface area contributed by atoms with Gasteiger partial charge >= 0.3 is 0 Å². The Labute approximate surface area is 119 Å². The molecule has 1 aromatic heterocycles. The van der Waals surface area contributed by atoms with Gasteiger partial charge in [-0.25, -0.2) is 13.8 Å². The molecule has 0 unspecified atom stereocenters. The van der Waals surface area contributed by atoms with E-state index in [2.05, 4.69) is 15.3 Å². The average molecular weight is 293 g/mol. The van der Waals surface area contributed by atoms with Crippen LogP contribution in [0.5, 0.6) is 5.75 Å². The van der Waals surface area contributed by atoms with E-state index in [9.17, 15) is 13.6 Å². The third-order valence-corrected chi connectivity index (χ3v) is 3.40. The van der Waals surface area contributed by atoms with Crippen molar-refractivity contribution in [3.63, 3.8) is 0 Å². The van der Waals surface area contributed by atoms with Crippen molar-refractivity contribution >= 4 is 5.91 Å². The molecular formula is C14H13F2N3O2. The van der Waals surface area contributed by atoms with Gasteiger partial charge in [0.15, 0.2) is 11.6 Å². The van der Waals surface area contributed by atoms with Crippen LogP contribution in [0.25, 0.3) is 11.4 Å². The second-order valence-corrected chi connectivity index (χ2v) is 4.71. The van der Waals surface area contributed by atoms with Crippen molar-refractivity contribution in [2.45, 2.75) is 12.8 Å². The van der Waals surface area contributed by atoms with Crippen LogP contribution in [0.4, 0.5) is 8.78 Å². The number of halogens is 2. The highest BCUT2D eigenvalue weighted by Crippen LogP contribution is 2.31. The number of ether oxygens (including phenoxy) is 1. The molecule has 0 saturated carbocycles. The molecular weight excluding hydrogens is 280 g/mol. The molecule has 5 nitrogen and oxygen atoms in total. The van der Waals surface area contributed by atoms with Gasteiger partial charge in [0, 0.05) is 12.2 Å². The van der Waals surface area contributed by atoms with E-state index < -0.39 is 11.6 Å². The zero-order chi connectivity index (χ0) is 15.0. The smallest absolute Gasteiger partial charge is 0.271 e. The minimum atomic E-state index is -0.846. The van der Waals surface area contributed by atoms with E-state index in [1.165, 1.54) is 13.2 Å². The monoisotopic (exact) mass is 293 g/mol. The van der Waals surface area contributed by atoms with Gasteiger partial charge in [-0.2, -0.15) is 0 Å². The van der Waals surface area contributed by atoms with Gasteiger partial charge in [0.05, 0.1) is 12.7 Å². The Morgan fingerprint density at radius 1 is 1.33 bits per heavy atom. The van der Waals surface area contributed by atoms with Crippen LogP contribution >= 0.6 is 0 Å². The number of amides is 1. The Morgan fingerprint density at radius 3 is 2.90 bits per heavy atom. The second kappa shape index (κ2) is 5.16. The molecule has 2 N–H and O–H groups in total. The van der Waals surface area contributed by atoms with Crippen molar-refractivity contribution in [2.24, 2.45) is 0 Å². The highest BCUT2D eigenvalue weighted by Gasteiger charge is 2.24. The molecule has 1 amide bonds. The maximum atomic E-state index is 14.2. The number of methoxy groups -OCH3 is 1. The Balaban J connectivity index is 2.14. The summed E-state index contributed by atoms with van der Waals surface area (Å²) in [5.74, 6) is -2.04. The van der Waals surface area contributed by atoms with Crippen molar-refractivity contribution in [1.29, 1.82) is 0 Å². The summed E-state index contributed by atoms with van der Waals surface area (Å²) in [6, 6.07) is 2.31. The van der Waals surface area contributed by atoms with Crippen LogP contribution in [-0.2, 0) is 6.42 Å². The first-order valence-corrected chi connectivity index (χ1v) is 6.51. The number of carbonyl (C=O) groups excluding carboxylic acids is 1. The molecule has 3 rings (SSSR count). The predicted molar refractivity (Wildman–Crippen MR) is 71.1 cm³/mol. The average Bonchev–Trinajstić information content (AvgIpc) is 2.80. The van der Waals surface area contributed by atoms with Crippen LogP contribution in [0.15, 0.2) is 12.1 Å². The molecule has 21 heavy (non-hydrogen) atoms. The molecule has 110 valence electrons. The van der Waals surface area contributed by atoms with Crippen LogP contribution in [-0.4, -0.2) is 29.5 Å². The fourth-order valence-electron chi connectivity index (χ4n) is 2.36. The van der Waals surface area contributed by atoms with Gasteiger partial charge < -0.3 is 15.0 Å². The fraction of sp³-hybridized carbons (Fsp3) is 0.286. The van der Waals surface area contributed by atoms with Crippen LogP contribution in [0, 0.1) is 11.6 Å². The molecule has 7 heteroatoms. The molecule has 0 saturated heterocycles. The highest BCUT2D eigenvalue weighted by atomic mass is 19.1. The lowest BCUT2D eigenvalue weighted by molar-refractivity contribution is 0.0951. The first-order chi connectivity index (χ1) is 10.1. The number of fused-ring (bicyclic) bond motifs is 1. The lowest BCUT2D eigenvalue weighted by Gasteiger charge is -2.06. The summed E-state index contributed by atoms with van der Waals surface area (Å²) in [4.78, 5) is 18.7. The number of hydrogen-bond acceptors (Lipinski definition) is 3. The number of imidazole rings is 1. The number of rotatable bonds is 2. The zero-order valence-corrected chi connectivity index (χ0v) is 11.3. The Kier molecular flexibility index (Phi) is 3.32. The molecule has 0 spiro atoms. The summed E-state index contributed by atoms with van der Waals surface area (Å²) >= 11 is 0. The largest absolute Gasteiger partial charge is 0.494 e. The standard InChI is InChI=1S/C14H13F2N3O2/c1-21-9-5-4-7(15)10(11(9)16)13-18-8-3-2-6-17-14(20)12(8)19-13/h4-5H,2-3,6H2,1H3,(H,17,20)(H,18,19). The number of H-pyrrole nitrogens is 1. The molecule has 1 aromatic carbocycles. The van der Waals surface area contributed by atoms with E-state index >= 15 is 0 Å². The van der Waals surface area contributed by atoms with Gasteiger partial charge in [0.1, 0.15) is 17.3 Å².